The zero-order valence-electron chi connectivity index (χ0n) is 16.2. The van der Waals surface area contributed by atoms with Gasteiger partial charge < -0.3 is 9.73 Å². The van der Waals surface area contributed by atoms with Gasteiger partial charge in [-0.1, -0.05) is 18.7 Å². The molecule has 29 heavy (non-hydrogen) atoms. The Morgan fingerprint density at radius 1 is 1.28 bits per heavy atom. The van der Waals surface area contributed by atoms with Crippen molar-refractivity contribution in [1.29, 1.82) is 0 Å². The second-order valence-corrected chi connectivity index (χ2v) is 7.28. The standard InChI is InChI=1S/C19H22N6O3S/c1-3-13(2)21-18(27)22-16(26)12-29-19-24-23-17(14-6-4-8-20-10-14)25(19)11-15-7-5-9-28-15/h4-10,13H,3,11-12H2,1-2H3,(H2,21,22,26,27)/t13-/m1/s1. The van der Waals surface area contributed by atoms with E-state index in [1.165, 1.54) is 11.8 Å². The lowest BCUT2D eigenvalue weighted by Crippen LogP contribution is -2.43. The fraction of sp³-hybridized carbons (Fsp3) is 0.316. The minimum Gasteiger partial charge on any atom is -0.467 e. The first kappa shape index (κ1) is 20.6. The van der Waals surface area contributed by atoms with Crippen LogP contribution in [0.4, 0.5) is 4.79 Å². The quantitative estimate of drug-likeness (QED) is 0.545. The second-order valence-electron chi connectivity index (χ2n) is 6.33. The Hall–Kier alpha value is -3.14. The van der Waals surface area contributed by atoms with Gasteiger partial charge in [0.25, 0.3) is 0 Å². The monoisotopic (exact) mass is 414 g/mol. The normalized spacial score (nSPS) is 11.8. The molecule has 0 aromatic carbocycles. The number of carbonyl (C=O) groups is 2. The summed E-state index contributed by atoms with van der Waals surface area (Å²) in [5.74, 6) is 0.962. The molecule has 0 aliphatic carbocycles. The maximum absolute atomic E-state index is 12.1. The van der Waals surface area contributed by atoms with Crippen molar-refractivity contribution in [3.05, 3.63) is 48.7 Å². The van der Waals surface area contributed by atoms with E-state index in [9.17, 15) is 9.59 Å². The molecular formula is C19H22N6O3S. The van der Waals surface area contributed by atoms with Crippen molar-refractivity contribution >= 4 is 23.7 Å². The molecule has 0 radical (unpaired) electrons. The number of nitrogens with zero attached hydrogens (tertiary/aromatic N) is 4. The maximum Gasteiger partial charge on any atom is 0.321 e. The molecule has 3 rings (SSSR count). The lowest BCUT2D eigenvalue weighted by Gasteiger charge is -2.12. The van der Waals surface area contributed by atoms with Crippen molar-refractivity contribution in [3.63, 3.8) is 0 Å². The Balaban J connectivity index is 1.71. The average Bonchev–Trinajstić information content (AvgIpc) is 3.37. The fourth-order valence-corrected chi connectivity index (χ4v) is 3.20. The van der Waals surface area contributed by atoms with Crippen molar-refractivity contribution in [2.75, 3.05) is 5.75 Å². The van der Waals surface area contributed by atoms with Crippen LogP contribution in [0.15, 0.2) is 52.5 Å². The van der Waals surface area contributed by atoms with Crippen molar-refractivity contribution in [3.8, 4) is 11.4 Å². The topological polar surface area (TPSA) is 115 Å². The molecule has 3 amide bonds. The average molecular weight is 414 g/mol. The Labute approximate surface area is 172 Å². The van der Waals surface area contributed by atoms with E-state index in [1.54, 1.807) is 24.7 Å². The van der Waals surface area contributed by atoms with Gasteiger partial charge in [0.05, 0.1) is 18.6 Å². The fourth-order valence-electron chi connectivity index (χ4n) is 2.46. The molecule has 3 aromatic heterocycles. The van der Waals surface area contributed by atoms with Gasteiger partial charge >= 0.3 is 6.03 Å². The van der Waals surface area contributed by atoms with Gasteiger partial charge in [-0.3, -0.25) is 19.7 Å². The summed E-state index contributed by atoms with van der Waals surface area (Å²) in [4.78, 5) is 28.0. The van der Waals surface area contributed by atoms with Crippen LogP contribution in [0.3, 0.4) is 0 Å². The van der Waals surface area contributed by atoms with E-state index in [4.69, 9.17) is 4.42 Å². The molecule has 0 aliphatic rings. The van der Waals surface area contributed by atoms with E-state index in [1.807, 2.05) is 36.6 Å². The van der Waals surface area contributed by atoms with Crippen LogP contribution in [0.25, 0.3) is 11.4 Å². The first-order chi connectivity index (χ1) is 14.1. The highest BCUT2D eigenvalue weighted by atomic mass is 32.2. The zero-order valence-corrected chi connectivity index (χ0v) is 17.0. The molecule has 3 heterocycles. The summed E-state index contributed by atoms with van der Waals surface area (Å²) in [6, 6.07) is 6.85. The minimum atomic E-state index is -0.502. The van der Waals surface area contributed by atoms with Gasteiger partial charge in [0.15, 0.2) is 11.0 Å². The summed E-state index contributed by atoms with van der Waals surface area (Å²) in [5.41, 5.74) is 0.802. The number of furan rings is 1. The third-order valence-electron chi connectivity index (χ3n) is 4.11. The van der Waals surface area contributed by atoms with Crippen LogP contribution in [0.5, 0.6) is 0 Å². The van der Waals surface area contributed by atoms with Crippen molar-refractivity contribution in [1.82, 2.24) is 30.4 Å². The van der Waals surface area contributed by atoms with Crippen LogP contribution in [-0.4, -0.2) is 43.5 Å². The van der Waals surface area contributed by atoms with Gasteiger partial charge in [0.2, 0.25) is 5.91 Å². The molecule has 0 bridgehead atoms. The number of aromatic nitrogens is 4. The molecule has 0 saturated carbocycles. The second kappa shape index (κ2) is 9.87. The van der Waals surface area contributed by atoms with Crippen LogP contribution >= 0.6 is 11.8 Å². The Kier molecular flexibility index (Phi) is 7.01. The van der Waals surface area contributed by atoms with Crippen LogP contribution in [0.2, 0.25) is 0 Å². The number of pyridine rings is 1. The van der Waals surface area contributed by atoms with E-state index >= 15 is 0 Å². The van der Waals surface area contributed by atoms with Crippen LogP contribution < -0.4 is 10.6 Å². The van der Waals surface area contributed by atoms with Gasteiger partial charge in [0.1, 0.15) is 5.76 Å². The molecule has 10 heteroatoms. The number of nitrogens with one attached hydrogen (secondary N) is 2. The van der Waals surface area contributed by atoms with Gasteiger partial charge in [-0.25, -0.2) is 4.79 Å². The van der Waals surface area contributed by atoms with E-state index in [-0.39, 0.29) is 11.8 Å². The molecule has 0 spiro atoms. The van der Waals surface area contributed by atoms with E-state index < -0.39 is 11.9 Å². The zero-order chi connectivity index (χ0) is 20.6. The van der Waals surface area contributed by atoms with Gasteiger partial charge in [0, 0.05) is 24.0 Å². The summed E-state index contributed by atoms with van der Waals surface area (Å²) in [6.45, 7) is 4.23. The maximum atomic E-state index is 12.1. The summed E-state index contributed by atoms with van der Waals surface area (Å²) < 4.78 is 7.30. The molecule has 3 aromatic rings. The number of amides is 3. The molecule has 1 atom stereocenters. The van der Waals surface area contributed by atoms with E-state index in [0.29, 0.717) is 17.5 Å². The van der Waals surface area contributed by atoms with Crippen LogP contribution in [0.1, 0.15) is 26.0 Å². The SMILES string of the molecule is CC[C@@H](C)NC(=O)NC(=O)CSc1nnc(-c2cccnc2)n1Cc1ccco1. The Morgan fingerprint density at radius 2 is 2.14 bits per heavy atom. The summed E-state index contributed by atoms with van der Waals surface area (Å²) >= 11 is 1.19. The van der Waals surface area contributed by atoms with Crippen LogP contribution in [0, 0.1) is 0 Å². The lowest BCUT2D eigenvalue weighted by atomic mass is 10.2. The van der Waals surface area contributed by atoms with Gasteiger partial charge in [-0.15, -0.1) is 10.2 Å². The first-order valence-electron chi connectivity index (χ1n) is 9.16. The van der Waals surface area contributed by atoms with Gasteiger partial charge in [-0.2, -0.15) is 0 Å². The Bertz CT molecular complexity index is 942. The van der Waals surface area contributed by atoms with Crippen molar-refractivity contribution in [2.45, 2.75) is 38.0 Å². The van der Waals surface area contributed by atoms with Crippen molar-refractivity contribution in [2.24, 2.45) is 0 Å². The Morgan fingerprint density at radius 3 is 2.83 bits per heavy atom. The third-order valence-corrected chi connectivity index (χ3v) is 5.07. The number of rotatable bonds is 8. The van der Waals surface area contributed by atoms with Crippen LogP contribution in [-0.2, 0) is 11.3 Å². The molecule has 0 saturated heterocycles. The largest absolute Gasteiger partial charge is 0.467 e. The molecule has 0 unspecified atom stereocenters. The third kappa shape index (κ3) is 5.67. The molecule has 9 nitrogen and oxygen atoms in total. The molecule has 152 valence electrons. The van der Waals surface area contributed by atoms with Crippen molar-refractivity contribution < 1.29 is 14.0 Å². The molecule has 2 N–H and O–H groups in total. The smallest absolute Gasteiger partial charge is 0.321 e. The predicted octanol–water partition coefficient (Wildman–Crippen LogP) is 2.70. The molecular weight excluding hydrogens is 392 g/mol. The number of carbonyl (C=O) groups excluding carboxylic acids is 2. The van der Waals surface area contributed by atoms with Gasteiger partial charge in [-0.05, 0) is 37.6 Å². The highest BCUT2D eigenvalue weighted by Gasteiger charge is 2.18. The number of imide groups is 1. The van der Waals surface area contributed by atoms with E-state index in [0.717, 1.165) is 17.7 Å². The number of thioether (sulfide) groups is 1. The highest BCUT2D eigenvalue weighted by Crippen LogP contribution is 2.24. The first-order valence-corrected chi connectivity index (χ1v) is 10.1. The minimum absolute atomic E-state index is 0.00566. The number of hydrogen-bond acceptors (Lipinski definition) is 7. The number of urea groups is 1. The van der Waals surface area contributed by atoms with E-state index in [2.05, 4.69) is 25.8 Å². The highest BCUT2D eigenvalue weighted by molar-refractivity contribution is 7.99. The summed E-state index contributed by atoms with van der Waals surface area (Å²) in [6.07, 6.45) is 5.76. The lowest BCUT2D eigenvalue weighted by molar-refractivity contribution is -0.117. The summed E-state index contributed by atoms with van der Waals surface area (Å²) in [5, 5.41) is 14.0. The molecule has 0 aliphatic heterocycles. The predicted molar refractivity (Wildman–Crippen MR) is 108 cm³/mol. The molecule has 0 fully saturated rings. The summed E-state index contributed by atoms with van der Waals surface area (Å²) in [7, 11) is 0. The number of hydrogen-bond donors (Lipinski definition) is 2.